The smallest absolute Gasteiger partial charge is 0.256 e. The van der Waals surface area contributed by atoms with E-state index in [-0.39, 0.29) is 18.0 Å². The zero-order valence-electron chi connectivity index (χ0n) is 11.7. The molecule has 0 aliphatic carbocycles. The van der Waals surface area contributed by atoms with Gasteiger partial charge in [0.1, 0.15) is 11.6 Å². The van der Waals surface area contributed by atoms with Crippen LogP contribution in [0.5, 0.6) is 0 Å². The first-order valence-electron chi connectivity index (χ1n) is 7.05. The van der Waals surface area contributed by atoms with Gasteiger partial charge in [0.25, 0.3) is 5.91 Å². The Kier molecular flexibility index (Phi) is 4.84. The van der Waals surface area contributed by atoms with Gasteiger partial charge in [-0.25, -0.2) is 8.78 Å². The van der Waals surface area contributed by atoms with Crippen molar-refractivity contribution >= 4 is 18.3 Å². The van der Waals surface area contributed by atoms with Crippen molar-refractivity contribution in [2.75, 3.05) is 26.2 Å². The first-order valence-corrected chi connectivity index (χ1v) is 7.05. The molecule has 6 heteroatoms. The minimum atomic E-state index is -0.654. The summed E-state index contributed by atoms with van der Waals surface area (Å²) in [5.74, 6) is -1.63. The number of nitrogens with one attached hydrogen (secondary N) is 1. The summed E-state index contributed by atoms with van der Waals surface area (Å²) in [7, 11) is 0. The molecule has 1 spiro atoms. The normalized spacial score (nSPS) is 20.4. The maximum absolute atomic E-state index is 13.6. The van der Waals surface area contributed by atoms with Crippen LogP contribution >= 0.6 is 12.4 Å². The molecule has 0 saturated carbocycles. The van der Waals surface area contributed by atoms with Gasteiger partial charge in [-0.05, 0) is 49.4 Å². The van der Waals surface area contributed by atoms with Gasteiger partial charge < -0.3 is 10.2 Å². The van der Waals surface area contributed by atoms with Gasteiger partial charge in [-0.15, -0.1) is 12.4 Å². The summed E-state index contributed by atoms with van der Waals surface area (Å²) in [5.41, 5.74) is 0.141. The van der Waals surface area contributed by atoms with Crippen molar-refractivity contribution in [3.63, 3.8) is 0 Å². The molecular weight excluding hydrogens is 298 g/mol. The molecule has 0 bridgehead atoms. The standard InChI is InChI=1S/C15H18F2N2O.ClH/c16-11-1-2-13(17)12(9-11)14(20)19-7-4-15(5-8-19)3-6-18-10-15;/h1-2,9,18H,3-8,10H2;1H. The van der Waals surface area contributed by atoms with Crippen molar-refractivity contribution in [3.05, 3.63) is 35.4 Å². The fraction of sp³-hybridized carbons (Fsp3) is 0.533. The number of carbonyl (C=O) groups excluding carboxylic acids is 1. The Balaban J connectivity index is 0.00000161. The van der Waals surface area contributed by atoms with Crippen LogP contribution in [-0.2, 0) is 0 Å². The molecule has 3 rings (SSSR count). The largest absolute Gasteiger partial charge is 0.339 e. The summed E-state index contributed by atoms with van der Waals surface area (Å²) in [4.78, 5) is 13.9. The van der Waals surface area contributed by atoms with Crippen LogP contribution in [0.4, 0.5) is 8.78 Å². The Morgan fingerprint density at radius 2 is 1.90 bits per heavy atom. The molecule has 0 atom stereocenters. The van der Waals surface area contributed by atoms with E-state index in [1.54, 1.807) is 4.90 Å². The predicted octanol–water partition coefficient (Wildman–Crippen LogP) is 2.60. The molecule has 3 nitrogen and oxygen atoms in total. The fourth-order valence-electron chi connectivity index (χ4n) is 3.24. The number of rotatable bonds is 1. The second-order valence-corrected chi connectivity index (χ2v) is 5.84. The summed E-state index contributed by atoms with van der Waals surface area (Å²) >= 11 is 0. The van der Waals surface area contributed by atoms with Crippen LogP contribution in [0.25, 0.3) is 0 Å². The van der Waals surface area contributed by atoms with Crippen LogP contribution < -0.4 is 5.32 Å². The molecule has 0 unspecified atom stereocenters. The van der Waals surface area contributed by atoms with E-state index in [1.165, 1.54) is 0 Å². The second kappa shape index (κ2) is 6.28. The fourth-order valence-corrected chi connectivity index (χ4v) is 3.24. The molecule has 2 aliphatic heterocycles. The third-order valence-corrected chi connectivity index (χ3v) is 4.60. The van der Waals surface area contributed by atoms with Crippen molar-refractivity contribution < 1.29 is 13.6 Å². The quantitative estimate of drug-likeness (QED) is 0.864. The van der Waals surface area contributed by atoms with Crippen LogP contribution in [0.3, 0.4) is 0 Å². The lowest BCUT2D eigenvalue weighted by molar-refractivity contribution is 0.0602. The minimum absolute atomic E-state index is 0. The number of likely N-dealkylation sites (tertiary alicyclic amines) is 1. The number of benzene rings is 1. The Hall–Kier alpha value is -1.20. The van der Waals surface area contributed by atoms with Crippen LogP contribution in [0.15, 0.2) is 18.2 Å². The Morgan fingerprint density at radius 3 is 2.52 bits per heavy atom. The van der Waals surface area contributed by atoms with E-state index in [2.05, 4.69) is 5.32 Å². The Bertz CT molecular complexity index is 522. The van der Waals surface area contributed by atoms with Crippen LogP contribution in [0.1, 0.15) is 29.6 Å². The van der Waals surface area contributed by atoms with Gasteiger partial charge in [0.2, 0.25) is 0 Å². The number of hydrogen-bond donors (Lipinski definition) is 1. The minimum Gasteiger partial charge on any atom is -0.339 e. The summed E-state index contributed by atoms with van der Waals surface area (Å²) < 4.78 is 26.8. The number of amides is 1. The zero-order chi connectivity index (χ0) is 14.2. The number of carbonyl (C=O) groups is 1. The maximum atomic E-state index is 13.6. The van der Waals surface area contributed by atoms with Gasteiger partial charge in [-0.2, -0.15) is 0 Å². The molecule has 2 saturated heterocycles. The predicted molar refractivity (Wildman–Crippen MR) is 78.7 cm³/mol. The first kappa shape index (κ1) is 16.2. The highest BCUT2D eigenvalue weighted by molar-refractivity contribution is 5.94. The van der Waals surface area contributed by atoms with Gasteiger partial charge in [-0.1, -0.05) is 0 Å². The van der Waals surface area contributed by atoms with Crippen molar-refractivity contribution in [2.45, 2.75) is 19.3 Å². The lowest BCUT2D eigenvalue weighted by Gasteiger charge is -2.38. The van der Waals surface area contributed by atoms with E-state index < -0.39 is 17.5 Å². The van der Waals surface area contributed by atoms with Crippen molar-refractivity contribution in [1.82, 2.24) is 10.2 Å². The molecule has 1 aromatic carbocycles. The molecule has 1 N–H and O–H groups in total. The van der Waals surface area contributed by atoms with Crippen molar-refractivity contribution in [1.29, 1.82) is 0 Å². The van der Waals surface area contributed by atoms with Crippen LogP contribution in [-0.4, -0.2) is 37.0 Å². The highest BCUT2D eigenvalue weighted by Crippen LogP contribution is 2.37. The van der Waals surface area contributed by atoms with Gasteiger partial charge >= 0.3 is 0 Å². The monoisotopic (exact) mass is 316 g/mol. The molecule has 1 aromatic rings. The molecule has 1 amide bonds. The second-order valence-electron chi connectivity index (χ2n) is 5.84. The molecule has 2 fully saturated rings. The first-order chi connectivity index (χ1) is 9.60. The zero-order valence-corrected chi connectivity index (χ0v) is 12.5. The number of halogens is 3. The van der Waals surface area contributed by atoms with Crippen LogP contribution in [0.2, 0.25) is 0 Å². The summed E-state index contributed by atoms with van der Waals surface area (Å²) in [5, 5.41) is 3.36. The molecular formula is C15H19ClF2N2O. The van der Waals surface area contributed by atoms with Gasteiger partial charge in [0.05, 0.1) is 5.56 Å². The summed E-state index contributed by atoms with van der Waals surface area (Å²) in [6, 6.07) is 3.02. The van der Waals surface area contributed by atoms with E-state index in [4.69, 9.17) is 0 Å². The highest BCUT2D eigenvalue weighted by Gasteiger charge is 2.38. The van der Waals surface area contributed by atoms with E-state index in [9.17, 15) is 13.6 Å². The number of nitrogens with zero attached hydrogens (tertiary/aromatic N) is 1. The van der Waals surface area contributed by atoms with E-state index in [0.29, 0.717) is 18.5 Å². The Labute approximate surface area is 129 Å². The molecule has 116 valence electrons. The third kappa shape index (κ3) is 3.19. The molecule has 2 aliphatic rings. The highest BCUT2D eigenvalue weighted by atomic mass is 35.5. The average Bonchev–Trinajstić information content (AvgIpc) is 2.90. The Morgan fingerprint density at radius 1 is 1.19 bits per heavy atom. The molecule has 2 heterocycles. The van der Waals surface area contributed by atoms with E-state index >= 15 is 0 Å². The summed E-state index contributed by atoms with van der Waals surface area (Å²) in [6.45, 7) is 3.28. The maximum Gasteiger partial charge on any atom is 0.256 e. The van der Waals surface area contributed by atoms with E-state index in [0.717, 1.165) is 50.6 Å². The SMILES string of the molecule is Cl.O=C(c1cc(F)ccc1F)N1CCC2(CCNC2)CC1. The van der Waals surface area contributed by atoms with Crippen molar-refractivity contribution in [3.8, 4) is 0 Å². The molecule has 0 radical (unpaired) electrons. The topological polar surface area (TPSA) is 32.3 Å². The van der Waals surface area contributed by atoms with E-state index in [1.807, 2.05) is 0 Å². The van der Waals surface area contributed by atoms with Crippen LogP contribution in [0, 0.1) is 17.0 Å². The lowest BCUT2D eigenvalue weighted by Crippen LogP contribution is -2.44. The lowest BCUT2D eigenvalue weighted by atomic mass is 9.78. The van der Waals surface area contributed by atoms with Crippen molar-refractivity contribution in [2.24, 2.45) is 5.41 Å². The van der Waals surface area contributed by atoms with Gasteiger partial charge in [-0.3, -0.25) is 4.79 Å². The van der Waals surface area contributed by atoms with Gasteiger partial charge in [0, 0.05) is 19.6 Å². The number of piperidine rings is 1. The summed E-state index contributed by atoms with van der Waals surface area (Å²) in [6.07, 6.45) is 3.01. The third-order valence-electron chi connectivity index (χ3n) is 4.60. The molecule has 0 aromatic heterocycles. The van der Waals surface area contributed by atoms with Gasteiger partial charge in [0.15, 0.2) is 0 Å². The molecule has 21 heavy (non-hydrogen) atoms. The average molecular weight is 317 g/mol. The number of hydrogen-bond acceptors (Lipinski definition) is 2.